The van der Waals surface area contributed by atoms with E-state index in [1.165, 1.54) is 49.1 Å². The molecule has 0 unspecified atom stereocenters. The monoisotopic (exact) mass is 1550 g/mol. The van der Waals surface area contributed by atoms with Crippen LogP contribution in [-0.4, -0.2) is 173 Å². The molecule has 0 aliphatic carbocycles. The second kappa shape index (κ2) is 48.2. The molecule has 0 aromatic heterocycles. The van der Waals surface area contributed by atoms with Crippen LogP contribution in [0, 0.1) is 0 Å². The second-order valence-corrected chi connectivity index (χ2v) is 19.9. The molecule has 0 fully saturated rings. The fourth-order valence-corrected chi connectivity index (χ4v) is 6.46. The Kier molecular flexibility index (Phi) is 61.9. The van der Waals surface area contributed by atoms with E-state index >= 15 is 0 Å². The zero-order valence-corrected chi connectivity index (χ0v) is 46.1. The van der Waals surface area contributed by atoms with E-state index in [1.54, 1.807) is 0 Å². The van der Waals surface area contributed by atoms with E-state index in [0.29, 0.717) is 0 Å². The summed E-state index contributed by atoms with van der Waals surface area (Å²) < 4.78 is 140. The summed E-state index contributed by atoms with van der Waals surface area (Å²) in [7, 11) is 0.108. The number of aryl methyl sites for hydroxylation is 1. The maximum absolute atomic E-state index is 8.82. The van der Waals surface area contributed by atoms with Crippen LogP contribution in [0.3, 0.4) is 0 Å². The van der Waals surface area contributed by atoms with E-state index in [2.05, 4.69) is 115 Å². The van der Waals surface area contributed by atoms with Crippen molar-refractivity contribution in [3.8, 4) is 0 Å². The third-order valence-electron chi connectivity index (χ3n) is 5.71. The van der Waals surface area contributed by atoms with E-state index in [4.69, 9.17) is 58.7 Å². The molecule has 0 bridgehead atoms. The fourth-order valence-electron chi connectivity index (χ4n) is 4.31. The van der Waals surface area contributed by atoms with Crippen molar-refractivity contribution >= 4 is 159 Å². The number of halogens is 6. The zero-order chi connectivity index (χ0) is 41.6. The maximum Gasteiger partial charge on any atom is 0.160 e. The first-order valence-corrected chi connectivity index (χ1v) is 35.4. The molecule has 0 heterocycles. The van der Waals surface area contributed by atoms with Gasteiger partial charge in [0.15, 0.2) is 9.79 Å². The Hall–Kier alpha value is -0.221. The van der Waals surface area contributed by atoms with Gasteiger partial charge in [0.05, 0.1) is 10.9 Å². The first-order chi connectivity index (χ1) is 25.3. The van der Waals surface area contributed by atoms with Gasteiger partial charge in [-0.1, -0.05) is 84.9 Å². The van der Waals surface area contributed by atoms with Crippen molar-refractivity contribution in [2.24, 2.45) is 0 Å². The van der Waals surface area contributed by atoms with Crippen LogP contribution in [0.4, 0.5) is 28.2 Å². The van der Waals surface area contributed by atoms with Crippen molar-refractivity contribution < 1.29 is 87.0 Å². The Labute approximate surface area is 389 Å². The average Bonchev–Trinajstić information content (AvgIpc) is 3.05. The van der Waals surface area contributed by atoms with Crippen molar-refractivity contribution in [1.82, 2.24) is 0 Å². The molecular weight excluding hydrogens is 1510 g/mol. The van der Waals surface area contributed by atoms with Crippen LogP contribution < -0.4 is 0 Å². The zero-order valence-electron chi connectivity index (χ0n) is 29.9. The molecule has 0 saturated heterocycles. The molecule has 31 heteroatoms. The Balaban J connectivity index is -0.000000126. The summed E-state index contributed by atoms with van der Waals surface area (Å²) in [6.07, 6.45) is 2.27. The molecule has 18 nitrogen and oxygen atoms in total. The first-order valence-electron chi connectivity index (χ1n) is 14.1. The van der Waals surface area contributed by atoms with Gasteiger partial charge in [-0.25, -0.2) is 0 Å². The Bertz CT molecular complexity index is 1730. The molecular formula is C29H43F6O18SSb6+. The predicted molar refractivity (Wildman–Crippen MR) is 212 cm³/mol. The van der Waals surface area contributed by atoms with Crippen LogP contribution >= 0.6 is 0 Å². The van der Waals surface area contributed by atoms with E-state index in [-0.39, 0.29) is 39.1 Å². The van der Waals surface area contributed by atoms with Gasteiger partial charge in [0.25, 0.3) is 0 Å². The van der Waals surface area contributed by atoms with Gasteiger partial charge in [-0.15, -0.1) is 0 Å². The van der Waals surface area contributed by atoms with Crippen LogP contribution in [0.2, 0.25) is 0 Å². The molecule has 0 spiro atoms. The maximum atomic E-state index is 8.82. The minimum atomic E-state index is -3.70. The van der Waals surface area contributed by atoms with Crippen LogP contribution in [0.15, 0.2) is 125 Å². The smallest absolute Gasteiger partial charge is 0.0619 e. The fraction of sp³-hybridized carbons (Fsp3) is 0.103. The van der Waals surface area contributed by atoms with Crippen LogP contribution in [-0.2, 0) is 35.4 Å². The van der Waals surface area contributed by atoms with E-state index in [9.17, 15) is 0 Å². The average molecular weight is 1560 g/mol. The van der Waals surface area contributed by atoms with Crippen LogP contribution in [0.25, 0.3) is 21.5 Å². The number of fused-ring (bicyclic) bond motifs is 2. The summed E-state index contributed by atoms with van der Waals surface area (Å²) in [6, 6.07) is 42.0. The summed E-state index contributed by atoms with van der Waals surface area (Å²) in [5.74, 6) is 1.17. The molecule has 0 aliphatic rings. The number of benzene rings is 5. The molecule has 0 saturated carbocycles. The third kappa shape index (κ3) is 45.8. The third-order valence-corrected chi connectivity index (χ3v) is 8.09. The molecule has 5 aromatic rings. The Morgan fingerprint density at radius 3 is 0.867 bits per heavy atom. The van der Waals surface area contributed by atoms with Gasteiger partial charge < -0.3 is 0 Å². The molecule has 344 valence electrons. The topological polar surface area (TPSA) is 345 Å². The first kappa shape index (κ1) is 77.0. The molecule has 6 radical (unpaired) electrons. The number of hydrogen-bond donors (Lipinski definition) is 12. The summed E-state index contributed by atoms with van der Waals surface area (Å²) >= 11 is -22.2. The second-order valence-electron chi connectivity index (χ2n) is 9.14. The van der Waals surface area contributed by atoms with E-state index < -0.39 is 126 Å². The van der Waals surface area contributed by atoms with Crippen molar-refractivity contribution in [3.63, 3.8) is 0 Å². The molecule has 0 amide bonds. The van der Waals surface area contributed by atoms with E-state index in [0.717, 1.165) is 6.42 Å². The summed E-state index contributed by atoms with van der Waals surface area (Å²) in [5.41, 5.74) is 1.49. The quantitative estimate of drug-likeness (QED) is 0.0415. The standard InChI is InChI=1S/C29H25S.6FH.12H2O.6O.6Sb/c1-3-14-25(15-4-1)30(26-16-5-2-6-17-26)21-11-20-29-27-18-9-7-12-23(27)22-24-13-8-10-19-28(24)29;;;;;;;;;;;;;;;;;;;;;;;;;;;;;;/h1-10,12-19,22H,11,20-21H2;6*1H;12*1H2;;;;;;;;;;;;/q+1;;;;;;;;;;;;;;;;;;;;;;;;;6*+2/p-12. The van der Waals surface area contributed by atoms with Crippen LogP contribution in [0.5, 0.6) is 0 Å². The Morgan fingerprint density at radius 2 is 0.600 bits per heavy atom. The predicted octanol–water partition coefficient (Wildman–Crippen LogP) is -1.10. The summed E-state index contributed by atoms with van der Waals surface area (Å²) in [4.78, 5) is 2.87. The molecule has 0 aliphatic heterocycles. The van der Waals surface area contributed by atoms with Gasteiger partial charge in [-0.05, 0) is 70.3 Å². The van der Waals surface area contributed by atoms with E-state index in [1.807, 2.05) is 0 Å². The molecule has 5 rings (SSSR count). The number of rotatable bonds is 6. The van der Waals surface area contributed by atoms with Crippen molar-refractivity contribution in [1.29, 1.82) is 0 Å². The summed E-state index contributed by atoms with van der Waals surface area (Å²) in [6.45, 7) is 0. The SMILES string of the molecule is F.F.F.F.F.F.[O]=[Sb]([OH])[OH].[O]=[Sb]([OH])[OH].[O]=[Sb]([OH])[OH].[O]=[Sb]([OH])[OH].[O]=[Sb]([OH])[OH].[O]=[Sb]([OH])[OH].c1ccc([S+](CCCc2c3ccccc3cc3ccccc23)c2ccccc2)cc1. The minimum absolute atomic E-state index is 0. The Morgan fingerprint density at radius 1 is 0.367 bits per heavy atom. The normalized spacial score (nSPS) is 8.28. The molecule has 0 atom stereocenters. The van der Waals surface area contributed by atoms with Gasteiger partial charge in [-0.2, -0.15) is 0 Å². The minimum Gasteiger partial charge on any atom is -0.0619 e. The van der Waals surface area contributed by atoms with Crippen molar-refractivity contribution in [2.75, 3.05) is 5.75 Å². The van der Waals surface area contributed by atoms with Crippen molar-refractivity contribution in [3.05, 3.63) is 121 Å². The number of hydrogen-bond acceptors (Lipinski definition) is 6. The van der Waals surface area contributed by atoms with Gasteiger partial charge in [0.2, 0.25) is 0 Å². The van der Waals surface area contributed by atoms with Gasteiger partial charge in [0, 0.05) is 0 Å². The molecule has 60 heavy (non-hydrogen) atoms. The van der Waals surface area contributed by atoms with Gasteiger partial charge >= 0.3 is 185 Å². The molecule has 5 aromatic carbocycles. The van der Waals surface area contributed by atoms with Crippen molar-refractivity contribution in [2.45, 2.75) is 22.6 Å². The van der Waals surface area contributed by atoms with Gasteiger partial charge in [0.1, 0.15) is 5.75 Å². The van der Waals surface area contributed by atoms with Gasteiger partial charge in [-0.3, -0.25) is 28.2 Å². The summed E-state index contributed by atoms with van der Waals surface area (Å²) in [5, 5.41) is 5.48. The van der Waals surface area contributed by atoms with Crippen LogP contribution in [0.1, 0.15) is 12.0 Å². The molecule has 12 N–H and O–H groups in total. The largest absolute Gasteiger partial charge is 0.160 e.